The van der Waals surface area contributed by atoms with Crippen molar-refractivity contribution in [1.82, 2.24) is 20.3 Å². The summed E-state index contributed by atoms with van der Waals surface area (Å²) in [5.74, 6) is 2.67. The number of aromatic nitrogens is 3. The highest BCUT2D eigenvalue weighted by Crippen LogP contribution is 2.17. The van der Waals surface area contributed by atoms with Crippen LogP contribution in [0.4, 0.5) is 11.6 Å². The van der Waals surface area contributed by atoms with E-state index >= 15 is 0 Å². The third-order valence-corrected chi connectivity index (χ3v) is 4.17. The molecule has 1 aliphatic heterocycles. The number of carbonyl (C=O) groups excluding carboxylic acids is 1. The Kier molecular flexibility index (Phi) is 6.96. The van der Waals surface area contributed by atoms with E-state index in [0.29, 0.717) is 50.2 Å². The second-order valence-corrected chi connectivity index (χ2v) is 6.26. The van der Waals surface area contributed by atoms with Gasteiger partial charge in [-0.1, -0.05) is 0 Å². The molecule has 0 atom stereocenters. The lowest BCUT2D eigenvalue weighted by molar-refractivity contribution is 0.0954. The zero-order chi connectivity index (χ0) is 19.8. The number of ether oxygens (including phenoxy) is 2. The number of carbonyl (C=O) groups is 1. The third-order valence-electron chi connectivity index (χ3n) is 4.17. The Morgan fingerprint density at radius 2 is 2.07 bits per heavy atom. The maximum Gasteiger partial charge on any atom is 0.252 e. The maximum atomic E-state index is 12.2. The highest BCUT2D eigenvalue weighted by Gasteiger charge is 2.14. The van der Waals surface area contributed by atoms with Crippen molar-refractivity contribution in [3.8, 4) is 5.88 Å². The average molecular weight is 386 g/mol. The summed E-state index contributed by atoms with van der Waals surface area (Å²) in [7, 11) is 0. The summed E-state index contributed by atoms with van der Waals surface area (Å²) < 4.78 is 10.7. The molecule has 2 N–H and O–H groups in total. The molecule has 1 aliphatic rings. The number of hydrogen-bond acceptors (Lipinski definition) is 8. The van der Waals surface area contributed by atoms with Gasteiger partial charge in [-0.3, -0.25) is 4.79 Å². The summed E-state index contributed by atoms with van der Waals surface area (Å²) in [6.45, 7) is 8.37. The molecule has 0 radical (unpaired) electrons. The standard InChI is InChI=1S/C19H26N6O3/c1-3-28-18-5-4-15(13-22-18)19(26)21-7-6-20-16-12-17(24-14(2)23-16)25-8-10-27-11-9-25/h4-5,12-13H,3,6-11H2,1-2H3,(H,21,26)(H,20,23,24). The third kappa shape index (κ3) is 5.53. The number of rotatable bonds is 8. The number of amides is 1. The fraction of sp³-hybridized carbons (Fsp3) is 0.474. The quantitative estimate of drug-likeness (QED) is 0.654. The van der Waals surface area contributed by atoms with E-state index in [0.717, 1.165) is 24.7 Å². The summed E-state index contributed by atoms with van der Waals surface area (Å²) in [5, 5.41) is 6.10. The fourth-order valence-electron chi connectivity index (χ4n) is 2.81. The van der Waals surface area contributed by atoms with E-state index < -0.39 is 0 Å². The summed E-state index contributed by atoms with van der Waals surface area (Å²) in [6.07, 6.45) is 1.51. The average Bonchev–Trinajstić information content (AvgIpc) is 2.72. The number of morpholine rings is 1. The Bertz CT molecular complexity index is 778. The van der Waals surface area contributed by atoms with Crippen LogP contribution in [0.1, 0.15) is 23.1 Å². The first-order valence-corrected chi connectivity index (χ1v) is 9.45. The Morgan fingerprint density at radius 3 is 2.79 bits per heavy atom. The van der Waals surface area contributed by atoms with Crippen LogP contribution in [0.3, 0.4) is 0 Å². The number of nitrogens with one attached hydrogen (secondary N) is 2. The van der Waals surface area contributed by atoms with Crippen LogP contribution in [0.15, 0.2) is 24.4 Å². The second kappa shape index (κ2) is 9.84. The van der Waals surface area contributed by atoms with Gasteiger partial charge < -0.3 is 25.0 Å². The van der Waals surface area contributed by atoms with E-state index in [2.05, 4.69) is 30.5 Å². The van der Waals surface area contributed by atoms with E-state index in [1.165, 1.54) is 6.20 Å². The maximum absolute atomic E-state index is 12.2. The molecular formula is C19H26N6O3. The van der Waals surface area contributed by atoms with Gasteiger partial charge in [0.15, 0.2) is 0 Å². The van der Waals surface area contributed by atoms with Gasteiger partial charge in [0.2, 0.25) is 5.88 Å². The van der Waals surface area contributed by atoms with Gasteiger partial charge in [0.1, 0.15) is 17.5 Å². The van der Waals surface area contributed by atoms with Gasteiger partial charge in [-0.15, -0.1) is 0 Å². The van der Waals surface area contributed by atoms with Crippen LogP contribution in [0.5, 0.6) is 5.88 Å². The van der Waals surface area contributed by atoms with E-state index in [1.54, 1.807) is 12.1 Å². The molecule has 3 heterocycles. The van der Waals surface area contributed by atoms with E-state index in [4.69, 9.17) is 9.47 Å². The van der Waals surface area contributed by atoms with Gasteiger partial charge >= 0.3 is 0 Å². The minimum Gasteiger partial charge on any atom is -0.478 e. The van der Waals surface area contributed by atoms with Gasteiger partial charge in [-0.05, 0) is 19.9 Å². The zero-order valence-electron chi connectivity index (χ0n) is 16.3. The first kappa shape index (κ1) is 19.8. The van der Waals surface area contributed by atoms with Crippen LogP contribution in [0, 0.1) is 6.92 Å². The van der Waals surface area contributed by atoms with E-state index in [1.807, 2.05) is 19.9 Å². The van der Waals surface area contributed by atoms with Crippen LogP contribution >= 0.6 is 0 Å². The lowest BCUT2D eigenvalue weighted by atomic mass is 10.2. The van der Waals surface area contributed by atoms with Gasteiger partial charge in [-0.2, -0.15) is 0 Å². The summed E-state index contributed by atoms with van der Waals surface area (Å²) in [4.78, 5) is 27.4. The van der Waals surface area contributed by atoms with Crippen LogP contribution in [0.2, 0.25) is 0 Å². The monoisotopic (exact) mass is 386 g/mol. The molecular weight excluding hydrogens is 360 g/mol. The summed E-state index contributed by atoms with van der Waals surface area (Å²) >= 11 is 0. The minimum atomic E-state index is -0.176. The number of pyridine rings is 1. The molecule has 0 unspecified atom stereocenters. The second-order valence-electron chi connectivity index (χ2n) is 6.26. The number of hydrogen-bond donors (Lipinski definition) is 2. The lowest BCUT2D eigenvalue weighted by Crippen LogP contribution is -2.37. The Balaban J connectivity index is 1.48. The SMILES string of the molecule is CCOc1ccc(C(=O)NCCNc2cc(N3CCOCC3)nc(C)n2)cn1. The number of anilines is 2. The molecule has 1 saturated heterocycles. The molecule has 0 bridgehead atoms. The summed E-state index contributed by atoms with van der Waals surface area (Å²) in [5.41, 5.74) is 0.496. The lowest BCUT2D eigenvalue weighted by Gasteiger charge is -2.28. The van der Waals surface area contributed by atoms with Crippen molar-refractivity contribution in [2.75, 3.05) is 56.2 Å². The number of aryl methyl sites for hydroxylation is 1. The predicted octanol–water partition coefficient (Wildman–Crippen LogP) is 1.26. The van der Waals surface area contributed by atoms with Crippen molar-refractivity contribution in [2.45, 2.75) is 13.8 Å². The van der Waals surface area contributed by atoms with Crippen LogP contribution < -0.4 is 20.3 Å². The van der Waals surface area contributed by atoms with Crippen molar-refractivity contribution in [1.29, 1.82) is 0 Å². The topological polar surface area (TPSA) is 102 Å². The molecule has 1 fully saturated rings. The van der Waals surface area contributed by atoms with Crippen molar-refractivity contribution in [3.63, 3.8) is 0 Å². The number of nitrogens with zero attached hydrogens (tertiary/aromatic N) is 4. The molecule has 1 amide bonds. The molecule has 2 aromatic heterocycles. The molecule has 9 heteroatoms. The fourth-order valence-corrected chi connectivity index (χ4v) is 2.81. The van der Waals surface area contributed by atoms with Crippen molar-refractivity contribution in [3.05, 3.63) is 35.8 Å². The molecule has 28 heavy (non-hydrogen) atoms. The predicted molar refractivity (Wildman–Crippen MR) is 106 cm³/mol. The van der Waals surface area contributed by atoms with Gasteiger partial charge in [0.25, 0.3) is 5.91 Å². The Morgan fingerprint density at radius 1 is 1.25 bits per heavy atom. The minimum absolute atomic E-state index is 0.176. The van der Waals surface area contributed by atoms with E-state index in [-0.39, 0.29) is 5.91 Å². The molecule has 150 valence electrons. The van der Waals surface area contributed by atoms with Crippen LogP contribution in [-0.4, -0.2) is 66.9 Å². The van der Waals surface area contributed by atoms with Crippen molar-refractivity contribution in [2.24, 2.45) is 0 Å². The Labute approximate surface area is 164 Å². The molecule has 2 aromatic rings. The first-order valence-electron chi connectivity index (χ1n) is 9.45. The highest BCUT2D eigenvalue weighted by atomic mass is 16.5. The van der Waals surface area contributed by atoms with Gasteiger partial charge in [0.05, 0.1) is 25.4 Å². The van der Waals surface area contributed by atoms with Crippen molar-refractivity contribution < 1.29 is 14.3 Å². The normalized spacial score (nSPS) is 13.9. The van der Waals surface area contributed by atoms with E-state index in [9.17, 15) is 4.79 Å². The molecule has 3 rings (SSSR count). The zero-order valence-corrected chi connectivity index (χ0v) is 16.3. The highest BCUT2D eigenvalue weighted by molar-refractivity contribution is 5.93. The molecule has 0 aromatic carbocycles. The van der Waals surface area contributed by atoms with Gasteiger partial charge in [-0.25, -0.2) is 15.0 Å². The smallest absolute Gasteiger partial charge is 0.252 e. The summed E-state index contributed by atoms with van der Waals surface area (Å²) in [6, 6.07) is 5.31. The Hall–Kier alpha value is -2.94. The largest absolute Gasteiger partial charge is 0.478 e. The van der Waals surface area contributed by atoms with Crippen molar-refractivity contribution >= 4 is 17.5 Å². The van der Waals surface area contributed by atoms with Gasteiger partial charge in [0, 0.05) is 44.5 Å². The molecule has 0 spiro atoms. The molecule has 0 aliphatic carbocycles. The van der Waals surface area contributed by atoms with Crippen LogP contribution in [-0.2, 0) is 4.74 Å². The van der Waals surface area contributed by atoms with Crippen LogP contribution in [0.25, 0.3) is 0 Å². The first-order chi connectivity index (χ1) is 13.7. The molecule has 0 saturated carbocycles. The molecule has 9 nitrogen and oxygen atoms in total.